The van der Waals surface area contributed by atoms with Crippen LogP contribution in [0.1, 0.15) is 42.6 Å². The Morgan fingerprint density at radius 2 is 1.91 bits per heavy atom. The van der Waals surface area contributed by atoms with Crippen LogP contribution in [0.5, 0.6) is 5.75 Å². The predicted molar refractivity (Wildman–Crippen MR) is 113 cm³/mol. The Labute approximate surface area is 187 Å². The lowest BCUT2D eigenvalue weighted by Gasteiger charge is -2.33. The zero-order valence-electron chi connectivity index (χ0n) is 17.3. The van der Waals surface area contributed by atoms with E-state index in [1.807, 2.05) is 6.92 Å². The number of carbonyl (C=O) groups is 3. The highest BCUT2D eigenvalue weighted by Crippen LogP contribution is 2.36. The van der Waals surface area contributed by atoms with Gasteiger partial charge in [0, 0.05) is 12.0 Å². The van der Waals surface area contributed by atoms with Crippen LogP contribution in [0.3, 0.4) is 0 Å². The fourth-order valence-corrected chi connectivity index (χ4v) is 3.41. The maximum atomic E-state index is 13.0. The van der Waals surface area contributed by atoms with Gasteiger partial charge in [0.05, 0.1) is 22.0 Å². The molecule has 1 aliphatic heterocycles. The molecular weight excluding hydrogens is 449 g/mol. The van der Waals surface area contributed by atoms with Gasteiger partial charge in [0.1, 0.15) is 12.3 Å². The van der Waals surface area contributed by atoms with Gasteiger partial charge in [-0.15, -0.1) is 0 Å². The number of fused-ring (bicyclic) bond motifs is 1. The molecule has 10 heteroatoms. The molecule has 0 fully saturated rings. The molecule has 0 radical (unpaired) electrons. The van der Waals surface area contributed by atoms with E-state index < -0.39 is 36.2 Å². The zero-order chi connectivity index (χ0) is 23.6. The molecule has 0 saturated carbocycles. The highest BCUT2D eigenvalue weighted by Gasteiger charge is 2.34. The van der Waals surface area contributed by atoms with Gasteiger partial charge in [-0.1, -0.05) is 18.5 Å². The first-order chi connectivity index (χ1) is 15.0. The molecule has 0 saturated heterocycles. The van der Waals surface area contributed by atoms with Crippen molar-refractivity contribution in [2.24, 2.45) is 0 Å². The third-order valence-electron chi connectivity index (χ3n) is 4.84. The van der Waals surface area contributed by atoms with Gasteiger partial charge in [-0.2, -0.15) is 13.2 Å². The molecule has 1 N–H and O–H groups in total. The van der Waals surface area contributed by atoms with Crippen LogP contribution in [-0.4, -0.2) is 30.2 Å². The number of carbonyl (C=O) groups excluding carboxylic acids is 3. The summed E-state index contributed by atoms with van der Waals surface area (Å²) in [6.07, 6.45) is -4.53. The fraction of sp³-hybridized carbons (Fsp3) is 0.318. The number of benzene rings is 2. The third kappa shape index (κ3) is 5.04. The average Bonchev–Trinajstić information content (AvgIpc) is 2.72. The Balaban J connectivity index is 1.87. The number of nitrogens with zero attached hydrogens (tertiary/aromatic N) is 1. The van der Waals surface area contributed by atoms with Crippen molar-refractivity contribution in [3.8, 4) is 5.75 Å². The summed E-state index contributed by atoms with van der Waals surface area (Å²) in [6, 6.07) is 7.16. The van der Waals surface area contributed by atoms with Crippen LogP contribution in [-0.2, 0) is 15.8 Å². The number of halogens is 4. The van der Waals surface area contributed by atoms with Gasteiger partial charge in [-0.05, 0) is 49.7 Å². The lowest BCUT2D eigenvalue weighted by molar-refractivity contribution is -0.137. The third-order valence-corrected chi connectivity index (χ3v) is 5.17. The van der Waals surface area contributed by atoms with Crippen LogP contribution in [0.15, 0.2) is 36.4 Å². The second-order valence-electron chi connectivity index (χ2n) is 7.28. The van der Waals surface area contributed by atoms with Crippen molar-refractivity contribution in [3.05, 3.63) is 52.5 Å². The van der Waals surface area contributed by atoms with Gasteiger partial charge >= 0.3 is 6.18 Å². The summed E-state index contributed by atoms with van der Waals surface area (Å²) in [5.74, 6) is -1.09. The van der Waals surface area contributed by atoms with Crippen molar-refractivity contribution in [1.29, 1.82) is 0 Å². The van der Waals surface area contributed by atoms with Crippen molar-refractivity contribution in [1.82, 2.24) is 0 Å². The number of amides is 2. The molecule has 170 valence electrons. The summed E-state index contributed by atoms with van der Waals surface area (Å²) in [4.78, 5) is 38.7. The number of ether oxygens (including phenoxy) is 1. The molecule has 32 heavy (non-hydrogen) atoms. The molecule has 6 nitrogen and oxygen atoms in total. The summed E-state index contributed by atoms with van der Waals surface area (Å²) in [5.41, 5.74) is -0.603. The summed E-state index contributed by atoms with van der Waals surface area (Å²) >= 11 is 5.93. The minimum atomic E-state index is -4.61. The molecule has 1 heterocycles. The molecule has 0 bridgehead atoms. The van der Waals surface area contributed by atoms with Crippen LogP contribution in [0.2, 0.25) is 5.02 Å². The molecule has 2 amide bonds. The van der Waals surface area contributed by atoms with E-state index in [0.717, 1.165) is 23.1 Å². The highest BCUT2D eigenvalue weighted by molar-refractivity contribution is 6.33. The normalized spacial score (nSPS) is 15.8. The molecule has 0 spiro atoms. The van der Waals surface area contributed by atoms with Crippen LogP contribution in [0, 0.1) is 0 Å². The number of anilines is 2. The SMILES string of the molecule is CCCC(=O)c1ccc2c(c1)N(CC(=O)Nc1cc(C(F)(F)F)ccc1Cl)C(=O)C(C)O2. The van der Waals surface area contributed by atoms with E-state index in [0.29, 0.717) is 24.2 Å². The second-order valence-corrected chi connectivity index (χ2v) is 7.69. The molecule has 3 rings (SSSR count). The van der Waals surface area contributed by atoms with Gasteiger partial charge in [-0.3, -0.25) is 19.3 Å². The van der Waals surface area contributed by atoms with Crippen LogP contribution >= 0.6 is 11.6 Å². The molecule has 1 unspecified atom stereocenters. The lowest BCUT2D eigenvalue weighted by Crippen LogP contribution is -2.47. The minimum absolute atomic E-state index is 0.0825. The van der Waals surface area contributed by atoms with Crippen molar-refractivity contribution >= 4 is 40.6 Å². The molecule has 2 aromatic rings. The quantitative estimate of drug-likeness (QED) is 0.599. The van der Waals surface area contributed by atoms with Gasteiger partial charge in [0.2, 0.25) is 5.91 Å². The number of alkyl halides is 3. The van der Waals surface area contributed by atoms with Crippen molar-refractivity contribution < 1.29 is 32.3 Å². The standard InChI is InChI=1S/C22H20ClF3N2O4/c1-3-4-18(29)13-5-8-19-17(9-13)28(21(31)12(2)32-19)11-20(30)27-16-10-14(22(24,25)26)6-7-15(16)23/h5-10,12H,3-4,11H2,1-2H3,(H,27,30). The van der Waals surface area contributed by atoms with E-state index in [4.69, 9.17) is 16.3 Å². The van der Waals surface area contributed by atoms with Crippen molar-refractivity contribution in [2.45, 2.75) is 39.0 Å². The smallest absolute Gasteiger partial charge is 0.416 e. The van der Waals surface area contributed by atoms with Crippen molar-refractivity contribution in [2.75, 3.05) is 16.8 Å². The summed E-state index contributed by atoms with van der Waals surface area (Å²) in [6.45, 7) is 2.87. The number of hydrogen-bond acceptors (Lipinski definition) is 4. The molecule has 2 aromatic carbocycles. The van der Waals surface area contributed by atoms with E-state index >= 15 is 0 Å². The summed E-state index contributed by atoms with van der Waals surface area (Å²) in [7, 11) is 0. The molecule has 1 atom stereocenters. The van der Waals surface area contributed by atoms with E-state index in [1.165, 1.54) is 13.0 Å². The highest BCUT2D eigenvalue weighted by atomic mass is 35.5. The predicted octanol–water partition coefficient (Wildman–Crippen LogP) is 5.09. The molecular formula is C22H20ClF3N2O4. The number of Topliss-reactive ketones (excluding diaryl/α,β-unsaturated/α-hetero) is 1. The Kier molecular flexibility index (Phi) is 6.78. The van der Waals surface area contributed by atoms with Gasteiger partial charge in [0.25, 0.3) is 5.91 Å². The molecule has 1 aliphatic rings. The Hall–Kier alpha value is -3.07. The Morgan fingerprint density at radius 3 is 2.56 bits per heavy atom. The Bertz CT molecular complexity index is 1070. The Morgan fingerprint density at radius 1 is 1.19 bits per heavy atom. The van der Waals surface area contributed by atoms with E-state index in [1.54, 1.807) is 12.1 Å². The largest absolute Gasteiger partial charge is 0.479 e. The maximum absolute atomic E-state index is 13.0. The van der Waals surface area contributed by atoms with Crippen LogP contribution < -0.4 is 15.0 Å². The minimum Gasteiger partial charge on any atom is -0.479 e. The summed E-state index contributed by atoms with van der Waals surface area (Å²) in [5, 5.41) is 2.24. The van der Waals surface area contributed by atoms with Crippen LogP contribution in [0.25, 0.3) is 0 Å². The van der Waals surface area contributed by atoms with Gasteiger partial charge in [0.15, 0.2) is 11.9 Å². The molecule has 0 aromatic heterocycles. The van der Waals surface area contributed by atoms with E-state index in [-0.39, 0.29) is 22.2 Å². The lowest BCUT2D eigenvalue weighted by atomic mass is 10.0. The number of ketones is 1. The maximum Gasteiger partial charge on any atom is 0.416 e. The first-order valence-corrected chi connectivity index (χ1v) is 10.2. The van der Waals surface area contributed by atoms with Gasteiger partial charge in [-0.25, -0.2) is 0 Å². The van der Waals surface area contributed by atoms with Crippen LogP contribution in [0.4, 0.5) is 24.5 Å². The monoisotopic (exact) mass is 468 g/mol. The summed E-state index contributed by atoms with van der Waals surface area (Å²) < 4.78 is 44.5. The first-order valence-electron chi connectivity index (χ1n) is 9.83. The van der Waals surface area contributed by atoms with E-state index in [2.05, 4.69) is 5.32 Å². The molecule has 0 aliphatic carbocycles. The number of hydrogen-bond donors (Lipinski definition) is 1. The topological polar surface area (TPSA) is 75.7 Å². The van der Waals surface area contributed by atoms with Gasteiger partial charge < -0.3 is 10.1 Å². The fourth-order valence-electron chi connectivity index (χ4n) is 3.25. The first kappa shape index (κ1) is 23.6. The van der Waals surface area contributed by atoms with Crippen molar-refractivity contribution in [3.63, 3.8) is 0 Å². The van der Waals surface area contributed by atoms with E-state index in [9.17, 15) is 27.6 Å². The number of rotatable bonds is 6. The average molecular weight is 469 g/mol. The zero-order valence-corrected chi connectivity index (χ0v) is 18.0. The second kappa shape index (κ2) is 9.20. The number of nitrogens with one attached hydrogen (secondary N) is 1.